The first-order chi connectivity index (χ1) is 17.7. The fraction of sp³-hybridized carbons (Fsp3) is 0.290. The zero-order valence-corrected chi connectivity index (χ0v) is 21.3. The Kier molecular flexibility index (Phi) is 6.71. The van der Waals surface area contributed by atoms with Crippen molar-refractivity contribution in [3.63, 3.8) is 0 Å². The fourth-order valence-corrected chi connectivity index (χ4v) is 5.68. The number of piperazine rings is 1. The topological polar surface area (TPSA) is 31.5 Å². The number of ether oxygens (including phenoxy) is 1. The summed E-state index contributed by atoms with van der Waals surface area (Å²) < 4.78 is 6.20. The van der Waals surface area contributed by atoms with Crippen LogP contribution in [0.3, 0.4) is 0 Å². The van der Waals surface area contributed by atoms with Gasteiger partial charge in [-0.25, -0.2) is 0 Å². The van der Waals surface area contributed by atoms with Crippen molar-refractivity contribution in [1.29, 1.82) is 0 Å². The number of H-pyrrole nitrogens is 1. The van der Waals surface area contributed by atoms with Gasteiger partial charge in [0.2, 0.25) is 0 Å². The third-order valence-electron chi connectivity index (χ3n) is 7.50. The van der Waals surface area contributed by atoms with Crippen molar-refractivity contribution < 1.29 is 4.74 Å². The van der Waals surface area contributed by atoms with E-state index in [1.165, 1.54) is 36.9 Å². The molecule has 4 nitrogen and oxygen atoms in total. The van der Waals surface area contributed by atoms with Gasteiger partial charge in [-0.3, -0.25) is 4.90 Å². The average molecular weight is 498 g/mol. The number of aromatic amines is 1. The molecule has 0 bridgehead atoms. The summed E-state index contributed by atoms with van der Waals surface area (Å²) in [5.41, 5.74) is 6.86. The zero-order valence-electron chi connectivity index (χ0n) is 20.6. The highest BCUT2D eigenvalue weighted by molar-refractivity contribution is 6.30. The molecular formula is C31H32ClN3O. The minimum absolute atomic E-state index is 0.809. The van der Waals surface area contributed by atoms with E-state index in [2.05, 4.69) is 63.3 Å². The number of halogens is 1. The van der Waals surface area contributed by atoms with E-state index in [4.69, 9.17) is 16.3 Å². The smallest absolute Gasteiger partial charge is 0.129 e. The predicted octanol–water partition coefficient (Wildman–Crippen LogP) is 7.76. The molecule has 1 aliphatic heterocycles. The van der Waals surface area contributed by atoms with Crippen LogP contribution >= 0.6 is 11.6 Å². The Morgan fingerprint density at radius 1 is 0.806 bits per heavy atom. The maximum atomic E-state index is 6.20. The molecule has 5 heteroatoms. The monoisotopic (exact) mass is 497 g/mol. The highest BCUT2D eigenvalue weighted by Crippen LogP contribution is 2.34. The molecule has 3 aromatic carbocycles. The molecule has 184 valence electrons. The van der Waals surface area contributed by atoms with E-state index in [1.807, 2.05) is 30.5 Å². The molecule has 0 amide bonds. The normalized spacial score (nSPS) is 17.1. The zero-order chi connectivity index (χ0) is 24.3. The second kappa shape index (κ2) is 10.4. The molecule has 2 aliphatic rings. The molecule has 1 N–H and O–H groups in total. The molecule has 1 fully saturated rings. The Labute approximate surface area is 218 Å². The number of hydrogen-bond donors (Lipinski definition) is 1. The van der Waals surface area contributed by atoms with Crippen LogP contribution < -0.4 is 9.64 Å². The molecule has 1 aromatic heterocycles. The number of nitrogens with one attached hydrogen (secondary N) is 1. The Morgan fingerprint density at radius 2 is 1.61 bits per heavy atom. The molecule has 0 atom stereocenters. The number of rotatable bonds is 6. The third kappa shape index (κ3) is 5.16. The summed E-state index contributed by atoms with van der Waals surface area (Å²) in [5, 5.41) is 1.97. The van der Waals surface area contributed by atoms with E-state index in [9.17, 15) is 0 Å². The highest BCUT2D eigenvalue weighted by atomic mass is 35.5. The number of hydrogen-bond acceptors (Lipinski definition) is 3. The summed E-state index contributed by atoms with van der Waals surface area (Å²) in [5.74, 6) is 1.74. The molecule has 6 rings (SSSR count). The Balaban J connectivity index is 1.10. The molecular weight excluding hydrogens is 466 g/mol. The molecule has 0 unspecified atom stereocenters. The van der Waals surface area contributed by atoms with Gasteiger partial charge in [0.25, 0.3) is 0 Å². The molecule has 36 heavy (non-hydrogen) atoms. The van der Waals surface area contributed by atoms with Crippen molar-refractivity contribution in [2.24, 2.45) is 0 Å². The van der Waals surface area contributed by atoms with Crippen molar-refractivity contribution in [1.82, 2.24) is 9.88 Å². The lowest BCUT2D eigenvalue weighted by Crippen LogP contribution is -2.47. The SMILES string of the molecule is Clc1ccc(C2=C(CN3CCN(c4cccc(Oc5ccc6[nH]ccc6c5)c4)CC3)CCCC2)cc1. The van der Waals surface area contributed by atoms with Crippen LogP contribution in [0.4, 0.5) is 5.69 Å². The predicted molar refractivity (Wildman–Crippen MR) is 150 cm³/mol. The number of fused-ring (bicyclic) bond motifs is 1. The first-order valence-corrected chi connectivity index (χ1v) is 13.4. The van der Waals surface area contributed by atoms with Crippen LogP contribution in [0.25, 0.3) is 16.5 Å². The first kappa shape index (κ1) is 23.2. The van der Waals surface area contributed by atoms with Gasteiger partial charge in [-0.15, -0.1) is 0 Å². The van der Waals surface area contributed by atoms with Gasteiger partial charge in [-0.2, -0.15) is 0 Å². The Hall–Kier alpha value is -3.21. The summed E-state index contributed by atoms with van der Waals surface area (Å²) in [6.07, 6.45) is 6.94. The molecule has 1 aliphatic carbocycles. The lowest BCUT2D eigenvalue weighted by atomic mass is 9.87. The van der Waals surface area contributed by atoms with Gasteiger partial charge < -0.3 is 14.6 Å². The van der Waals surface area contributed by atoms with Crippen LogP contribution in [0.1, 0.15) is 31.2 Å². The van der Waals surface area contributed by atoms with E-state index in [0.29, 0.717) is 0 Å². The van der Waals surface area contributed by atoms with Gasteiger partial charge in [0, 0.05) is 66.6 Å². The highest BCUT2D eigenvalue weighted by Gasteiger charge is 2.21. The lowest BCUT2D eigenvalue weighted by molar-refractivity contribution is 0.275. The van der Waals surface area contributed by atoms with E-state index in [-0.39, 0.29) is 0 Å². The number of anilines is 1. The van der Waals surface area contributed by atoms with E-state index >= 15 is 0 Å². The van der Waals surface area contributed by atoms with Crippen LogP contribution in [0.2, 0.25) is 5.02 Å². The van der Waals surface area contributed by atoms with Crippen molar-refractivity contribution in [3.8, 4) is 11.5 Å². The number of allylic oxidation sites excluding steroid dienone is 1. The molecule has 4 aromatic rings. The number of aromatic nitrogens is 1. The van der Waals surface area contributed by atoms with Crippen LogP contribution in [0.15, 0.2) is 84.6 Å². The third-order valence-corrected chi connectivity index (χ3v) is 7.76. The van der Waals surface area contributed by atoms with Crippen LogP contribution in [0.5, 0.6) is 11.5 Å². The maximum absolute atomic E-state index is 6.20. The second-order valence-corrected chi connectivity index (χ2v) is 10.3. The van der Waals surface area contributed by atoms with Crippen molar-refractivity contribution in [3.05, 3.63) is 95.2 Å². The molecule has 1 saturated heterocycles. The minimum Gasteiger partial charge on any atom is -0.457 e. The lowest BCUT2D eigenvalue weighted by Gasteiger charge is -2.37. The maximum Gasteiger partial charge on any atom is 0.129 e. The van der Waals surface area contributed by atoms with E-state index < -0.39 is 0 Å². The first-order valence-electron chi connectivity index (χ1n) is 13.0. The number of benzene rings is 3. The van der Waals surface area contributed by atoms with Gasteiger partial charge in [0.05, 0.1) is 0 Å². The molecule has 0 spiro atoms. The quantitative estimate of drug-likeness (QED) is 0.295. The van der Waals surface area contributed by atoms with E-state index in [0.717, 1.165) is 60.1 Å². The number of nitrogens with zero attached hydrogens (tertiary/aromatic N) is 2. The van der Waals surface area contributed by atoms with Crippen LogP contribution in [0, 0.1) is 0 Å². The summed E-state index contributed by atoms with van der Waals surface area (Å²) in [4.78, 5) is 8.34. The summed E-state index contributed by atoms with van der Waals surface area (Å²) in [7, 11) is 0. The van der Waals surface area contributed by atoms with Crippen molar-refractivity contribution >= 4 is 33.8 Å². The standard InChI is InChI=1S/C31H32ClN3O/c32-26-10-8-23(9-11-26)30-7-2-1-4-25(30)22-34-16-18-35(19-17-34)27-5-3-6-28(21-27)36-29-12-13-31-24(20-29)14-15-33-31/h3,5-6,8-15,20-21,33H,1-2,4,7,16-19,22H2. The van der Waals surface area contributed by atoms with Gasteiger partial charge in [-0.1, -0.05) is 35.4 Å². The van der Waals surface area contributed by atoms with Gasteiger partial charge in [-0.05, 0) is 85.4 Å². The van der Waals surface area contributed by atoms with Crippen molar-refractivity contribution in [2.45, 2.75) is 25.7 Å². The average Bonchev–Trinajstić information content (AvgIpc) is 3.38. The van der Waals surface area contributed by atoms with E-state index in [1.54, 1.807) is 11.1 Å². The summed E-state index contributed by atoms with van der Waals surface area (Å²) in [6.45, 7) is 5.29. The molecule has 0 saturated carbocycles. The van der Waals surface area contributed by atoms with Gasteiger partial charge in [0.1, 0.15) is 11.5 Å². The second-order valence-electron chi connectivity index (χ2n) is 9.89. The largest absolute Gasteiger partial charge is 0.457 e. The Bertz CT molecular complexity index is 1370. The van der Waals surface area contributed by atoms with Gasteiger partial charge in [0.15, 0.2) is 0 Å². The molecule has 2 heterocycles. The van der Waals surface area contributed by atoms with Gasteiger partial charge >= 0.3 is 0 Å². The van der Waals surface area contributed by atoms with Crippen LogP contribution in [-0.2, 0) is 0 Å². The Morgan fingerprint density at radius 3 is 2.47 bits per heavy atom. The summed E-state index contributed by atoms with van der Waals surface area (Å²) >= 11 is 6.14. The molecule has 0 radical (unpaired) electrons. The fourth-order valence-electron chi connectivity index (χ4n) is 5.55. The minimum atomic E-state index is 0.809. The van der Waals surface area contributed by atoms with Crippen molar-refractivity contribution in [2.75, 3.05) is 37.6 Å². The van der Waals surface area contributed by atoms with Crippen LogP contribution in [-0.4, -0.2) is 42.6 Å². The summed E-state index contributed by atoms with van der Waals surface area (Å²) in [6, 6.07) is 25.1.